The average molecular weight is 429 g/mol. The predicted molar refractivity (Wildman–Crippen MR) is 110 cm³/mol. The molecule has 0 aliphatic carbocycles. The van der Waals surface area contributed by atoms with E-state index in [4.69, 9.17) is 23.2 Å². The van der Waals surface area contributed by atoms with Crippen LogP contribution in [-0.4, -0.2) is 31.7 Å². The van der Waals surface area contributed by atoms with Gasteiger partial charge in [0.15, 0.2) is 0 Å². The van der Waals surface area contributed by atoms with Crippen molar-refractivity contribution in [1.82, 2.24) is 4.31 Å². The third-order valence-corrected chi connectivity index (χ3v) is 7.28. The molecule has 2 aromatic carbocycles. The van der Waals surface area contributed by atoms with Gasteiger partial charge in [-0.1, -0.05) is 43.1 Å². The van der Waals surface area contributed by atoms with Gasteiger partial charge in [-0.25, -0.2) is 8.42 Å². The van der Waals surface area contributed by atoms with Crippen molar-refractivity contribution in [2.24, 2.45) is 0 Å². The number of halogens is 2. The Kier molecular flexibility index (Phi) is 6.92. The minimum Gasteiger partial charge on any atom is -0.322 e. The average Bonchev–Trinajstić information content (AvgIpc) is 2.61. The zero-order valence-corrected chi connectivity index (χ0v) is 18.0. The lowest BCUT2D eigenvalue weighted by molar-refractivity contribution is 0.102. The van der Waals surface area contributed by atoms with Crippen molar-refractivity contribution >= 4 is 44.8 Å². The normalized spacial score (nSPS) is 11.7. The summed E-state index contributed by atoms with van der Waals surface area (Å²) < 4.78 is 27.1. The highest BCUT2D eigenvalue weighted by molar-refractivity contribution is 7.89. The fourth-order valence-electron chi connectivity index (χ4n) is 2.69. The van der Waals surface area contributed by atoms with E-state index in [2.05, 4.69) is 5.32 Å². The minimum atomic E-state index is -3.64. The summed E-state index contributed by atoms with van der Waals surface area (Å²) in [6, 6.07) is 7.87. The molecule has 0 saturated carbocycles. The van der Waals surface area contributed by atoms with Crippen LogP contribution in [0.2, 0.25) is 10.0 Å². The molecule has 0 aromatic heterocycles. The number of rotatable bonds is 6. The Labute approximate surface area is 170 Å². The first-order valence-corrected chi connectivity index (χ1v) is 10.7. The summed E-state index contributed by atoms with van der Waals surface area (Å²) in [6.07, 6.45) is 0. The Morgan fingerprint density at radius 1 is 1.11 bits per heavy atom. The van der Waals surface area contributed by atoms with E-state index in [1.54, 1.807) is 45.0 Å². The molecule has 0 unspecified atom stereocenters. The van der Waals surface area contributed by atoms with E-state index in [0.29, 0.717) is 18.8 Å². The van der Waals surface area contributed by atoms with Crippen molar-refractivity contribution in [2.75, 3.05) is 18.4 Å². The maximum absolute atomic E-state index is 12.8. The van der Waals surface area contributed by atoms with E-state index in [0.717, 1.165) is 11.1 Å². The standard InChI is InChI=1S/C19H22Cl2N2O3S/c1-5-23(6-2)27(25,26)14-10-12(3)13(4)17(11-14)22-19(24)15-8-7-9-16(20)18(15)21/h7-11H,5-6H2,1-4H3,(H,22,24). The fraction of sp³-hybridized carbons (Fsp3) is 0.316. The number of carbonyl (C=O) groups is 1. The number of nitrogens with one attached hydrogen (secondary N) is 1. The third-order valence-electron chi connectivity index (χ3n) is 4.43. The number of carbonyl (C=O) groups excluding carboxylic acids is 1. The zero-order valence-electron chi connectivity index (χ0n) is 15.6. The minimum absolute atomic E-state index is 0.141. The number of hydrogen-bond acceptors (Lipinski definition) is 3. The SMILES string of the molecule is CCN(CC)S(=O)(=O)c1cc(C)c(C)c(NC(=O)c2cccc(Cl)c2Cl)c1. The molecule has 0 radical (unpaired) electrons. The maximum Gasteiger partial charge on any atom is 0.257 e. The van der Waals surface area contributed by atoms with Crippen LogP contribution in [0.1, 0.15) is 35.3 Å². The fourth-order valence-corrected chi connectivity index (χ4v) is 4.64. The highest BCUT2D eigenvalue weighted by atomic mass is 35.5. The van der Waals surface area contributed by atoms with Crippen LogP contribution in [0.3, 0.4) is 0 Å². The van der Waals surface area contributed by atoms with Gasteiger partial charge in [0.05, 0.1) is 20.5 Å². The van der Waals surface area contributed by atoms with Gasteiger partial charge in [0.1, 0.15) is 0 Å². The van der Waals surface area contributed by atoms with E-state index < -0.39 is 15.9 Å². The molecule has 1 amide bonds. The Bertz CT molecular complexity index is 971. The number of nitrogens with zero attached hydrogens (tertiary/aromatic N) is 1. The second-order valence-electron chi connectivity index (χ2n) is 6.06. The van der Waals surface area contributed by atoms with E-state index in [1.165, 1.54) is 10.4 Å². The van der Waals surface area contributed by atoms with Gasteiger partial charge in [-0.2, -0.15) is 4.31 Å². The van der Waals surface area contributed by atoms with Gasteiger partial charge in [-0.15, -0.1) is 0 Å². The van der Waals surface area contributed by atoms with Crippen LogP contribution in [-0.2, 0) is 10.0 Å². The molecule has 2 aromatic rings. The summed E-state index contributed by atoms with van der Waals surface area (Å²) in [5.74, 6) is -0.456. The third kappa shape index (κ3) is 4.46. The largest absolute Gasteiger partial charge is 0.322 e. The first kappa shape index (κ1) is 21.7. The number of sulfonamides is 1. The molecule has 0 aliphatic heterocycles. The second-order valence-corrected chi connectivity index (χ2v) is 8.78. The predicted octanol–water partition coefficient (Wildman–Crippen LogP) is 4.89. The molecule has 0 fully saturated rings. The molecule has 1 N–H and O–H groups in total. The second kappa shape index (κ2) is 8.61. The molecule has 0 atom stereocenters. The number of aryl methyl sites for hydroxylation is 1. The van der Waals surface area contributed by atoms with Crippen LogP contribution in [0.15, 0.2) is 35.2 Å². The number of amides is 1. The molecule has 2 rings (SSSR count). The highest BCUT2D eigenvalue weighted by Gasteiger charge is 2.24. The van der Waals surface area contributed by atoms with Crippen molar-refractivity contribution in [3.05, 3.63) is 57.1 Å². The molecule has 146 valence electrons. The molecular formula is C19H22Cl2N2O3S. The van der Waals surface area contributed by atoms with Gasteiger partial charge in [0.25, 0.3) is 5.91 Å². The molecule has 0 saturated heterocycles. The lowest BCUT2D eigenvalue weighted by Crippen LogP contribution is -2.30. The molecular weight excluding hydrogens is 407 g/mol. The van der Waals surface area contributed by atoms with Crippen molar-refractivity contribution in [2.45, 2.75) is 32.6 Å². The van der Waals surface area contributed by atoms with Gasteiger partial charge in [-0.3, -0.25) is 4.79 Å². The van der Waals surface area contributed by atoms with Gasteiger partial charge in [-0.05, 0) is 49.2 Å². The van der Waals surface area contributed by atoms with E-state index in [-0.39, 0.29) is 20.5 Å². The summed E-state index contributed by atoms with van der Waals surface area (Å²) in [5, 5.41) is 3.18. The zero-order chi connectivity index (χ0) is 20.4. The summed E-state index contributed by atoms with van der Waals surface area (Å²) in [6.45, 7) is 7.92. The van der Waals surface area contributed by atoms with E-state index in [1.807, 2.05) is 6.92 Å². The smallest absolute Gasteiger partial charge is 0.257 e. The van der Waals surface area contributed by atoms with E-state index >= 15 is 0 Å². The summed E-state index contributed by atoms with van der Waals surface area (Å²) in [5.41, 5.74) is 2.18. The van der Waals surface area contributed by atoms with Crippen molar-refractivity contribution in [3.63, 3.8) is 0 Å². The molecule has 0 spiro atoms. The van der Waals surface area contributed by atoms with Gasteiger partial charge in [0, 0.05) is 18.8 Å². The molecule has 8 heteroatoms. The van der Waals surface area contributed by atoms with Crippen LogP contribution in [0.4, 0.5) is 5.69 Å². The van der Waals surface area contributed by atoms with Crippen LogP contribution in [0, 0.1) is 13.8 Å². The summed E-state index contributed by atoms with van der Waals surface area (Å²) in [7, 11) is -3.64. The van der Waals surface area contributed by atoms with Crippen LogP contribution >= 0.6 is 23.2 Å². The Morgan fingerprint density at radius 2 is 1.74 bits per heavy atom. The Morgan fingerprint density at radius 3 is 2.33 bits per heavy atom. The van der Waals surface area contributed by atoms with Crippen molar-refractivity contribution < 1.29 is 13.2 Å². The van der Waals surface area contributed by atoms with Crippen LogP contribution in [0.25, 0.3) is 0 Å². The molecule has 0 bridgehead atoms. The number of benzene rings is 2. The number of anilines is 1. The van der Waals surface area contributed by atoms with Gasteiger partial charge in [0.2, 0.25) is 10.0 Å². The summed E-state index contributed by atoms with van der Waals surface area (Å²) >= 11 is 12.1. The van der Waals surface area contributed by atoms with Crippen LogP contribution in [0.5, 0.6) is 0 Å². The molecule has 0 aliphatic rings. The van der Waals surface area contributed by atoms with Gasteiger partial charge < -0.3 is 5.32 Å². The topological polar surface area (TPSA) is 66.5 Å². The van der Waals surface area contributed by atoms with Gasteiger partial charge >= 0.3 is 0 Å². The lowest BCUT2D eigenvalue weighted by atomic mass is 10.1. The van der Waals surface area contributed by atoms with Crippen LogP contribution < -0.4 is 5.32 Å². The molecule has 27 heavy (non-hydrogen) atoms. The quantitative estimate of drug-likeness (QED) is 0.711. The first-order chi connectivity index (χ1) is 12.6. The monoisotopic (exact) mass is 428 g/mol. The van der Waals surface area contributed by atoms with Crippen molar-refractivity contribution in [1.29, 1.82) is 0 Å². The Balaban J connectivity index is 2.48. The maximum atomic E-state index is 12.8. The molecule has 5 nitrogen and oxygen atoms in total. The molecule has 0 heterocycles. The van der Waals surface area contributed by atoms with E-state index in [9.17, 15) is 13.2 Å². The van der Waals surface area contributed by atoms with Crippen molar-refractivity contribution in [3.8, 4) is 0 Å². The lowest BCUT2D eigenvalue weighted by Gasteiger charge is -2.20. The number of hydrogen-bond donors (Lipinski definition) is 1. The summed E-state index contributed by atoms with van der Waals surface area (Å²) in [4.78, 5) is 12.8. The highest BCUT2D eigenvalue weighted by Crippen LogP contribution is 2.29. The Hall–Kier alpha value is -1.60. The first-order valence-electron chi connectivity index (χ1n) is 8.50.